The minimum Gasteiger partial charge on any atom is -0.418 e. The largest absolute Gasteiger partial charge is 0.418 e. The van der Waals surface area contributed by atoms with Crippen molar-refractivity contribution in [2.24, 2.45) is 7.05 Å². The predicted molar refractivity (Wildman–Crippen MR) is 101 cm³/mol. The van der Waals surface area contributed by atoms with E-state index in [2.05, 4.69) is 35.6 Å². The monoisotopic (exact) mass is 408 g/mol. The van der Waals surface area contributed by atoms with E-state index >= 15 is 0 Å². The second-order valence-electron chi connectivity index (χ2n) is 6.81. The minimum absolute atomic E-state index is 0.216. The maximum absolute atomic E-state index is 6.20. The number of aryl methyl sites for hydroxylation is 2. The summed E-state index contributed by atoms with van der Waals surface area (Å²) >= 11 is 6.20. The Morgan fingerprint density at radius 1 is 1.17 bits per heavy atom. The number of hydrogen-bond donors (Lipinski definition) is 2. The molecule has 6 heterocycles. The molecule has 0 amide bonds. The van der Waals surface area contributed by atoms with Crippen LogP contribution in [0.4, 0.5) is 0 Å². The van der Waals surface area contributed by atoms with E-state index in [-0.39, 0.29) is 5.92 Å². The molecule has 11 nitrogen and oxygen atoms in total. The van der Waals surface area contributed by atoms with Gasteiger partial charge in [-0.15, -0.1) is 10.2 Å². The fourth-order valence-corrected chi connectivity index (χ4v) is 3.90. The number of hydrogen-bond acceptors (Lipinski definition) is 7. The number of aromatic nitrogens is 10. The van der Waals surface area contributed by atoms with Crippen molar-refractivity contribution < 1.29 is 4.74 Å². The first kappa shape index (κ1) is 16.2. The van der Waals surface area contributed by atoms with E-state index in [1.54, 1.807) is 15.5 Å². The van der Waals surface area contributed by atoms with Crippen molar-refractivity contribution in [3.8, 4) is 23.3 Å². The van der Waals surface area contributed by atoms with Gasteiger partial charge in [0.15, 0.2) is 5.65 Å². The third-order valence-corrected chi connectivity index (χ3v) is 5.28. The number of halogens is 1. The van der Waals surface area contributed by atoms with E-state index in [0.29, 0.717) is 33.9 Å². The van der Waals surface area contributed by atoms with Gasteiger partial charge in [0.25, 0.3) is 0 Å². The Balaban J connectivity index is 1.65. The lowest BCUT2D eigenvalue weighted by molar-refractivity contribution is 0.416. The molecule has 12 heteroatoms. The van der Waals surface area contributed by atoms with Crippen LogP contribution in [0.5, 0.6) is 11.8 Å². The highest BCUT2D eigenvalue weighted by Gasteiger charge is 2.37. The molecule has 1 aliphatic rings. The van der Waals surface area contributed by atoms with Gasteiger partial charge in [0.2, 0.25) is 17.6 Å². The molecule has 5 aromatic rings. The molecule has 29 heavy (non-hydrogen) atoms. The summed E-state index contributed by atoms with van der Waals surface area (Å²) in [6.45, 7) is 1.96. The second kappa shape index (κ2) is 5.64. The second-order valence-corrected chi connectivity index (χ2v) is 7.22. The van der Waals surface area contributed by atoms with Crippen LogP contribution in [0, 0.1) is 6.92 Å². The average Bonchev–Trinajstić information content (AvgIpc) is 3.47. The van der Waals surface area contributed by atoms with E-state index in [9.17, 15) is 0 Å². The van der Waals surface area contributed by atoms with Crippen LogP contribution >= 0.6 is 11.6 Å². The topological polar surface area (TPSA) is 127 Å². The fraction of sp³-hybridized carbons (Fsp3) is 0.176. The van der Waals surface area contributed by atoms with E-state index in [0.717, 1.165) is 22.4 Å². The van der Waals surface area contributed by atoms with Crippen molar-refractivity contribution >= 4 is 17.2 Å². The molecule has 6 rings (SSSR count). The van der Waals surface area contributed by atoms with Gasteiger partial charge in [-0.1, -0.05) is 11.6 Å². The molecule has 0 radical (unpaired) electrons. The number of aromatic amines is 2. The molecular weight excluding hydrogens is 396 g/mol. The van der Waals surface area contributed by atoms with E-state index in [1.165, 1.54) is 6.20 Å². The number of H-pyrrole nitrogens is 2. The lowest BCUT2D eigenvalue weighted by Crippen LogP contribution is -2.14. The number of nitrogens with one attached hydrogen (secondary N) is 2. The molecule has 0 bridgehead atoms. The van der Waals surface area contributed by atoms with Gasteiger partial charge in [0.1, 0.15) is 12.0 Å². The Morgan fingerprint density at radius 2 is 2.07 bits per heavy atom. The van der Waals surface area contributed by atoms with Gasteiger partial charge in [0, 0.05) is 30.1 Å². The first-order valence-corrected chi connectivity index (χ1v) is 9.13. The molecular formula is C17H13ClN10O. The van der Waals surface area contributed by atoms with Crippen molar-refractivity contribution in [3.63, 3.8) is 0 Å². The van der Waals surface area contributed by atoms with Crippen LogP contribution in [0.15, 0.2) is 24.9 Å². The molecule has 0 fully saturated rings. The van der Waals surface area contributed by atoms with Crippen LogP contribution in [0.3, 0.4) is 0 Å². The van der Waals surface area contributed by atoms with Crippen molar-refractivity contribution in [2.75, 3.05) is 0 Å². The molecule has 0 aromatic carbocycles. The SMILES string of the molecule is Cc1[nH]nc2c1[C@@H](c1cnn(C)c1)c1c(ncn3nc(-c4[nH]ncc4Cl)nc13)O2. The minimum atomic E-state index is -0.216. The molecule has 1 aliphatic heterocycles. The van der Waals surface area contributed by atoms with E-state index in [4.69, 9.17) is 21.3 Å². The van der Waals surface area contributed by atoms with Crippen molar-refractivity contribution in [1.82, 2.24) is 49.8 Å². The lowest BCUT2D eigenvalue weighted by Gasteiger charge is -2.24. The fourth-order valence-electron chi connectivity index (χ4n) is 3.72. The van der Waals surface area contributed by atoms with Gasteiger partial charge in [-0.05, 0) is 6.92 Å². The third-order valence-electron chi connectivity index (χ3n) is 4.99. The number of fused-ring (bicyclic) bond motifs is 4. The molecule has 1 atom stereocenters. The highest BCUT2D eigenvalue weighted by molar-refractivity contribution is 6.32. The zero-order valence-electron chi connectivity index (χ0n) is 15.3. The Morgan fingerprint density at radius 3 is 2.83 bits per heavy atom. The van der Waals surface area contributed by atoms with Crippen LogP contribution < -0.4 is 4.74 Å². The van der Waals surface area contributed by atoms with E-state index in [1.807, 2.05) is 26.4 Å². The summed E-state index contributed by atoms with van der Waals surface area (Å²) in [6.07, 6.45) is 6.85. The molecule has 0 spiro atoms. The molecule has 0 aliphatic carbocycles. The van der Waals surface area contributed by atoms with Crippen LogP contribution in [0.1, 0.15) is 28.3 Å². The summed E-state index contributed by atoms with van der Waals surface area (Å²) in [5.41, 5.74) is 4.73. The normalized spacial score (nSPS) is 15.3. The van der Waals surface area contributed by atoms with Gasteiger partial charge in [-0.3, -0.25) is 14.9 Å². The summed E-state index contributed by atoms with van der Waals surface area (Å²) in [6, 6.07) is 0. The maximum atomic E-state index is 6.20. The van der Waals surface area contributed by atoms with Gasteiger partial charge in [0.05, 0.1) is 28.9 Å². The van der Waals surface area contributed by atoms with Gasteiger partial charge < -0.3 is 4.74 Å². The molecule has 144 valence electrons. The first-order valence-electron chi connectivity index (χ1n) is 8.76. The van der Waals surface area contributed by atoms with Crippen LogP contribution in [0.25, 0.3) is 17.2 Å². The summed E-state index contributed by atoms with van der Waals surface area (Å²) in [5.74, 6) is 1.13. The Bertz CT molecular complexity index is 1390. The number of ether oxygens (including phenoxy) is 1. The quantitative estimate of drug-likeness (QED) is 0.449. The molecule has 5 aromatic heterocycles. The number of rotatable bonds is 2. The summed E-state index contributed by atoms with van der Waals surface area (Å²) in [4.78, 5) is 9.17. The van der Waals surface area contributed by atoms with Crippen molar-refractivity contribution in [3.05, 3.63) is 52.3 Å². The Hall–Kier alpha value is -3.73. The zero-order valence-corrected chi connectivity index (χ0v) is 16.0. The highest BCUT2D eigenvalue weighted by atomic mass is 35.5. The Labute approximate surface area is 167 Å². The highest BCUT2D eigenvalue weighted by Crippen LogP contribution is 2.48. The van der Waals surface area contributed by atoms with Crippen LogP contribution in [-0.4, -0.2) is 49.8 Å². The lowest BCUT2D eigenvalue weighted by atomic mass is 9.86. The maximum Gasteiger partial charge on any atom is 0.244 e. The van der Waals surface area contributed by atoms with Crippen molar-refractivity contribution in [2.45, 2.75) is 12.8 Å². The van der Waals surface area contributed by atoms with Gasteiger partial charge in [-0.2, -0.15) is 10.2 Å². The van der Waals surface area contributed by atoms with Crippen LogP contribution in [-0.2, 0) is 7.05 Å². The van der Waals surface area contributed by atoms with Crippen molar-refractivity contribution in [1.29, 1.82) is 0 Å². The number of nitrogens with zero attached hydrogens (tertiary/aromatic N) is 8. The van der Waals surface area contributed by atoms with Gasteiger partial charge >= 0.3 is 0 Å². The average molecular weight is 409 g/mol. The predicted octanol–water partition coefficient (Wildman–Crippen LogP) is 2.22. The summed E-state index contributed by atoms with van der Waals surface area (Å²) in [5, 5.41) is 23.4. The van der Waals surface area contributed by atoms with Gasteiger partial charge in [-0.25, -0.2) is 14.5 Å². The van der Waals surface area contributed by atoms with Crippen LogP contribution in [0.2, 0.25) is 5.02 Å². The Kier molecular flexibility index (Phi) is 3.16. The summed E-state index contributed by atoms with van der Waals surface area (Å²) in [7, 11) is 1.88. The molecule has 0 unspecified atom stereocenters. The first-order chi connectivity index (χ1) is 14.1. The molecule has 0 saturated carbocycles. The zero-order chi connectivity index (χ0) is 19.7. The molecule has 2 N–H and O–H groups in total. The third kappa shape index (κ3) is 2.24. The smallest absolute Gasteiger partial charge is 0.244 e. The van der Waals surface area contributed by atoms with E-state index < -0.39 is 0 Å². The molecule has 0 saturated heterocycles. The summed E-state index contributed by atoms with van der Waals surface area (Å²) < 4.78 is 9.35. The standard InChI is InChI=1S/C17H13ClN10O/c1-7-10-11(8-3-21-27(2)5-8)12-15-22-14(13-9(18)4-20-24-13)26-28(15)6-19-16(12)29-17(10)25-23-7/h3-6,11H,1-2H3,(H,20,24)(H,23,25)/t11-/m1/s1.